The van der Waals surface area contributed by atoms with Crippen LogP contribution in [-0.2, 0) is 6.54 Å². The molecule has 1 aliphatic heterocycles. The Balaban J connectivity index is 1.62. The summed E-state index contributed by atoms with van der Waals surface area (Å²) >= 11 is 0. The number of non-ortho nitro benzene ring substituents is 1. The van der Waals surface area contributed by atoms with Gasteiger partial charge < -0.3 is 14.5 Å². The van der Waals surface area contributed by atoms with Crippen LogP contribution in [0.3, 0.4) is 0 Å². The van der Waals surface area contributed by atoms with Gasteiger partial charge >= 0.3 is 0 Å². The highest BCUT2D eigenvalue weighted by Gasteiger charge is 2.26. The summed E-state index contributed by atoms with van der Waals surface area (Å²) in [4.78, 5) is 25.9. The Labute approximate surface area is 156 Å². The number of hydrogen-bond acceptors (Lipinski definition) is 4. The Morgan fingerprint density at radius 3 is 2.67 bits per heavy atom. The van der Waals surface area contributed by atoms with Crippen molar-refractivity contribution < 1.29 is 23.7 Å². The van der Waals surface area contributed by atoms with Crippen molar-refractivity contribution in [2.75, 3.05) is 33.3 Å². The van der Waals surface area contributed by atoms with Crippen LogP contribution in [0.25, 0.3) is 0 Å². The summed E-state index contributed by atoms with van der Waals surface area (Å²) in [5.74, 6) is 0.143. The maximum atomic E-state index is 13.5. The third-order valence-electron chi connectivity index (χ3n) is 4.74. The maximum Gasteiger partial charge on any atom is 0.270 e. The number of amides is 1. The monoisotopic (exact) mass is 374 g/mol. The molecular weight excluding hydrogens is 353 g/mol. The lowest BCUT2D eigenvalue weighted by Crippen LogP contribution is -3.13. The first kappa shape index (κ1) is 18.8. The van der Waals surface area contributed by atoms with Crippen LogP contribution in [0, 0.1) is 15.9 Å². The number of nitro groups is 1. The summed E-state index contributed by atoms with van der Waals surface area (Å²) in [5, 5.41) is 10.9. The van der Waals surface area contributed by atoms with Crippen LogP contribution >= 0.6 is 0 Å². The molecule has 1 aliphatic rings. The number of benzene rings is 2. The van der Waals surface area contributed by atoms with Gasteiger partial charge in [-0.3, -0.25) is 14.9 Å². The topological polar surface area (TPSA) is 77.1 Å². The molecule has 0 unspecified atom stereocenters. The molecule has 0 aliphatic carbocycles. The average Bonchev–Trinajstić information content (AvgIpc) is 2.68. The van der Waals surface area contributed by atoms with Crippen molar-refractivity contribution in [1.82, 2.24) is 4.90 Å². The van der Waals surface area contributed by atoms with Crippen molar-refractivity contribution in [3.8, 4) is 5.75 Å². The Bertz CT molecular complexity index is 851. The molecule has 7 nitrogen and oxygen atoms in total. The van der Waals surface area contributed by atoms with Gasteiger partial charge in [0.1, 0.15) is 18.1 Å². The van der Waals surface area contributed by atoms with Crippen LogP contribution in [0.15, 0.2) is 42.5 Å². The zero-order valence-corrected chi connectivity index (χ0v) is 15.0. The van der Waals surface area contributed by atoms with Gasteiger partial charge in [-0.25, -0.2) is 4.39 Å². The summed E-state index contributed by atoms with van der Waals surface area (Å²) in [6, 6.07) is 10.2. The first-order valence-corrected chi connectivity index (χ1v) is 8.67. The Hall–Kier alpha value is -3.00. The van der Waals surface area contributed by atoms with E-state index in [1.54, 1.807) is 24.1 Å². The lowest BCUT2D eigenvalue weighted by Gasteiger charge is -2.32. The highest BCUT2D eigenvalue weighted by molar-refractivity contribution is 5.94. The third kappa shape index (κ3) is 4.40. The molecule has 1 heterocycles. The minimum atomic E-state index is -0.509. The second kappa shape index (κ2) is 8.13. The smallest absolute Gasteiger partial charge is 0.270 e. The minimum absolute atomic E-state index is 0.0942. The number of nitro benzene ring substituents is 1. The van der Waals surface area contributed by atoms with Crippen molar-refractivity contribution in [1.29, 1.82) is 0 Å². The van der Waals surface area contributed by atoms with E-state index in [1.807, 2.05) is 0 Å². The van der Waals surface area contributed by atoms with Gasteiger partial charge in [0.2, 0.25) is 0 Å². The maximum absolute atomic E-state index is 13.5. The van der Waals surface area contributed by atoms with Crippen LogP contribution in [0.1, 0.15) is 15.9 Å². The zero-order valence-electron chi connectivity index (χ0n) is 15.0. The number of ether oxygens (including phenoxy) is 1. The Kier molecular flexibility index (Phi) is 5.66. The summed E-state index contributed by atoms with van der Waals surface area (Å²) in [7, 11) is 1.56. The van der Waals surface area contributed by atoms with Crippen LogP contribution in [0.5, 0.6) is 5.75 Å². The van der Waals surface area contributed by atoms with Gasteiger partial charge in [0, 0.05) is 17.7 Å². The molecule has 27 heavy (non-hydrogen) atoms. The molecule has 0 atom stereocenters. The number of nitrogens with one attached hydrogen (secondary N) is 1. The van der Waals surface area contributed by atoms with Crippen molar-refractivity contribution in [2.45, 2.75) is 6.54 Å². The van der Waals surface area contributed by atoms with Crippen LogP contribution in [0.2, 0.25) is 0 Å². The molecule has 2 aromatic rings. The van der Waals surface area contributed by atoms with E-state index in [0.29, 0.717) is 44.0 Å². The van der Waals surface area contributed by atoms with E-state index in [1.165, 1.54) is 35.2 Å². The van der Waals surface area contributed by atoms with Gasteiger partial charge in [0.25, 0.3) is 11.6 Å². The van der Waals surface area contributed by atoms with Crippen LogP contribution in [0.4, 0.5) is 10.1 Å². The van der Waals surface area contributed by atoms with Crippen molar-refractivity contribution in [2.24, 2.45) is 0 Å². The number of hydrogen-bond donors (Lipinski definition) is 1. The lowest BCUT2D eigenvalue weighted by atomic mass is 10.1. The Morgan fingerprint density at radius 1 is 1.26 bits per heavy atom. The fourth-order valence-electron chi connectivity index (χ4n) is 3.29. The fourth-order valence-corrected chi connectivity index (χ4v) is 3.29. The van der Waals surface area contributed by atoms with Gasteiger partial charge in [0.15, 0.2) is 0 Å². The predicted octanol–water partition coefficient (Wildman–Crippen LogP) is 1.28. The van der Waals surface area contributed by atoms with E-state index in [2.05, 4.69) is 0 Å². The molecule has 1 amide bonds. The number of halogens is 1. The van der Waals surface area contributed by atoms with E-state index >= 15 is 0 Å². The number of quaternary nitrogens is 1. The first-order chi connectivity index (χ1) is 13.0. The summed E-state index contributed by atoms with van der Waals surface area (Å²) < 4.78 is 18.8. The van der Waals surface area contributed by atoms with Crippen LogP contribution < -0.4 is 9.64 Å². The summed E-state index contributed by atoms with van der Waals surface area (Å²) in [5.41, 5.74) is 1.02. The summed E-state index contributed by atoms with van der Waals surface area (Å²) in [6.45, 7) is 3.10. The number of carbonyl (C=O) groups excluding carboxylic acids is 1. The Morgan fingerprint density at radius 2 is 2.00 bits per heavy atom. The highest BCUT2D eigenvalue weighted by Crippen LogP contribution is 2.18. The molecule has 1 N–H and O–H groups in total. The second-order valence-electron chi connectivity index (χ2n) is 6.48. The average molecular weight is 374 g/mol. The normalized spacial score (nSPS) is 14.8. The molecule has 0 saturated carbocycles. The SMILES string of the molecule is COc1ccc(F)cc1C[NH+]1CCN(C(=O)c2cccc([N+](=O)[O-])c2)CC1. The van der Waals surface area contributed by atoms with Crippen molar-refractivity contribution >= 4 is 11.6 Å². The van der Waals surface area contributed by atoms with E-state index in [0.717, 1.165) is 5.56 Å². The van der Waals surface area contributed by atoms with Crippen molar-refractivity contribution in [3.05, 3.63) is 69.5 Å². The first-order valence-electron chi connectivity index (χ1n) is 8.67. The molecule has 142 valence electrons. The molecule has 0 bridgehead atoms. The fraction of sp³-hybridized carbons (Fsp3) is 0.316. The number of carbonyl (C=O) groups is 1. The van der Waals surface area contributed by atoms with E-state index in [4.69, 9.17) is 4.74 Å². The number of methoxy groups -OCH3 is 1. The molecule has 3 rings (SSSR count). The molecule has 1 fully saturated rings. The molecule has 0 spiro atoms. The molecule has 1 saturated heterocycles. The third-order valence-corrected chi connectivity index (χ3v) is 4.74. The second-order valence-corrected chi connectivity index (χ2v) is 6.48. The largest absolute Gasteiger partial charge is 0.496 e. The van der Waals surface area contributed by atoms with Crippen LogP contribution in [-0.4, -0.2) is 49.0 Å². The van der Waals surface area contributed by atoms with Gasteiger partial charge in [-0.05, 0) is 24.3 Å². The van der Waals surface area contributed by atoms with E-state index in [-0.39, 0.29) is 17.4 Å². The number of rotatable bonds is 5. The zero-order chi connectivity index (χ0) is 19.4. The summed E-state index contributed by atoms with van der Waals surface area (Å²) in [6.07, 6.45) is 0. The standard InChI is InChI=1S/C19H20FN3O4/c1-27-18-6-5-16(20)11-15(18)13-21-7-9-22(10-8-21)19(24)14-3-2-4-17(12-14)23(25)26/h2-6,11-12H,7-10,13H2,1H3/p+1. The molecule has 2 aromatic carbocycles. The number of nitrogens with zero attached hydrogens (tertiary/aromatic N) is 2. The molecule has 0 aromatic heterocycles. The van der Waals surface area contributed by atoms with E-state index in [9.17, 15) is 19.3 Å². The lowest BCUT2D eigenvalue weighted by molar-refractivity contribution is -0.917. The quantitative estimate of drug-likeness (QED) is 0.632. The predicted molar refractivity (Wildman–Crippen MR) is 96.4 cm³/mol. The van der Waals surface area contributed by atoms with Crippen molar-refractivity contribution in [3.63, 3.8) is 0 Å². The van der Waals surface area contributed by atoms with Gasteiger partial charge in [-0.15, -0.1) is 0 Å². The molecule has 0 radical (unpaired) electrons. The number of piperazine rings is 1. The minimum Gasteiger partial charge on any atom is -0.496 e. The van der Waals surface area contributed by atoms with Gasteiger partial charge in [0.05, 0.1) is 43.8 Å². The molecular formula is C19H21FN3O4+. The molecule has 8 heteroatoms. The van der Waals surface area contributed by atoms with E-state index < -0.39 is 4.92 Å². The highest BCUT2D eigenvalue weighted by atomic mass is 19.1. The van der Waals surface area contributed by atoms with Gasteiger partial charge in [-0.1, -0.05) is 6.07 Å². The van der Waals surface area contributed by atoms with Gasteiger partial charge in [-0.2, -0.15) is 0 Å².